The second-order valence-electron chi connectivity index (χ2n) is 4.49. The van der Waals surface area contributed by atoms with E-state index in [1.54, 1.807) is 6.92 Å². The highest BCUT2D eigenvalue weighted by atomic mass is 32.1. The quantitative estimate of drug-likeness (QED) is 0.759. The Bertz CT molecular complexity index is 486. The predicted octanol–water partition coefficient (Wildman–Crippen LogP) is 1.02. The van der Waals surface area contributed by atoms with E-state index >= 15 is 0 Å². The molecule has 0 radical (unpaired) electrons. The van der Waals surface area contributed by atoms with E-state index in [1.165, 1.54) is 0 Å². The topological polar surface area (TPSA) is 105 Å². The molecule has 6 nitrogen and oxygen atoms in total. The number of nitrogens with one attached hydrogen (secondary N) is 1. The molecule has 2 unspecified atom stereocenters. The number of rotatable bonds is 3. The standard InChI is InChI=1S/C11H15N3O3S/c1-5-8(18-11(12)13-5)9(15)14-7-3-2-6(4-7)10(16)17/h6-7H,2-4H2,1H3,(H2,12,13)(H,14,15)(H,16,17). The lowest BCUT2D eigenvalue weighted by molar-refractivity contribution is -0.141. The third kappa shape index (κ3) is 2.61. The summed E-state index contributed by atoms with van der Waals surface area (Å²) in [5.41, 5.74) is 6.15. The van der Waals surface area contributed by atoms with Gasteiger partial charge < -0.3 is 16.2 Å². The molecule has 98 valence electrons. The van der Waals surface area contributed by atoms with Crippen molar-refractivity contribution in [3.8, 4) is 0 Å². The smallest absolute Gasteiger partial charge is 0.306 e. The number of nitrogens with two attached hydrogens (primary N) is 1. The van der Waals surface area contributed by atoms with Gasteiger partial charge in [0.2, 0.25) is 0 Å². The molecule has 1 amide bonds. The molecular weight excluding hydrogens is 254 g/mol. The summed E-state index contributed by atoms with van der Waals surface area (Å²) in [6, 6.07) is -0.0682. The lowest BCUT2D eigenvalue weighted by Gasteiger charge is -2.11. The predicted molar refractivity (Wildman–Crippen MR) is 67.5 cm³/mol. The maximum absolute atomic E-state index is 12.0. The first-order chi connectivity index (χ1) is 8.47. The van der Waals surface area contributed by atoms with Crippen molar-refractivity contribution in [2.24, 2.45) is 5.92 Å². The number of thiazole rings is 1. The molecule has 7 heteroatoms. The van der Waals surface area contributed by atoms with Gasteiger partial charge in [-0.05, 0) is 26.2 Å². The Labute approximate surface area is 108 Å². The minimum Gasteiger partial charge on any atom is -0.481 e. The number of nitrogens with zero attached hydrogens (tertiary/aromatic N) is 1. The summed E-state index contributed by atoms with van der Waals surface area (Å²) >= 11 is 1.15. The van der Waals surface area contributed by atoms with Crippen LogP contribution >= 0.6 is 11.3 Å². The lowest BCUT2D eigenvalue weighted by Crippen LogP contribution is -2.33. The van der Waals surface area contributed by atoms with Crippen LogP contribution in [0.5, 0.6) is 0 Å². The normalized spacial score (nSPS) is 22.9. The summed E-state index contributed by atoms with van der Waals surface area (Å²) in [5, 5.41) is 12.1. The van der Waals surface area contributed by atoms with Crippen molar-refractivity contribution >= 4 is 28.3 Å². The Morgan fingerprint density at radius 3 is 2.72 bits per heavy atom. The molecule has 4 N–H and O–H groups in total. The molecular formula is C11H15N3O3S. The summed E-state index contributed by atoms with van der Waals surface area (Å²) in [5.74, 6) is -1.34. The highest BCUT2D eigenvalue weighted by molar-refractivity contribution is 7.17. The van der Waals surface area contributed by atoms with Crippen LogP contribution in [0.15, 0.2) is 0 Å². The monoisotopic (exact) mass is 269 g/mol. The van der Waals surface area contributed by atoms with Gasteiger partial charge in [-0.1, -0.05) is 11.3 Å². The number of carboxylic acid groups (broad SMARTS) is 1. The molecule has 2 rings (SSSR count). The Balaban J connectivity index is 1.97. The average Bonchev–Trinajstić information content (AvgIpc) is 2.85. The molecule has 2 atom stereocenters. The van der Waals surface area contributed by atoms with Gasteiger partial charge in [0.05, 0.1) is 11.6 Å². The van der Waals surface area contributed by atoms with E-state index < -0.39 is 5.97 Å². The van der Waals surface area contributed by atoms with Gasteiger partial charge in [-0.2, -0.15) is 0 Å². The molecule has 1 heterocycles. The van der Waals surface area contributed by atoms with Crippen LogP contribution in [-0.4, -0.2) is 28.0 Å². The van der Waals surface area contributed by atoms with Gasteiger partial charge in [-0.15, -0.1) is 0 Å². The number of nitrogen functional groups attached to an aromatic ring is 1. The molecule has 1 saturated carbocycles. The van der Waals surface area contributed by atoms with Gasteiger partial charge in [-0.25, -0.2) is 4.98 Å². The molecule has 0 spiro atoms. The summed E-state index contributed by atoms with van der Waals surface area (Å²) in [6.07, 6.45) is 1.81. The molecule has 1 aromatic heterocycles. The highest BCUT2D eigenvalue weighted by Gasteiger charge is 2.31. The number of amides is 1. The van der Waals surface area contributed by atoms with E-state index in [-0.39, 0.29) is 17.9 Å². The summed E-state index contributed by atoms with van der Waals surface area (Å²) < 4.78 is 0. The molecule has 18 heavy (non-hydrogen) atoms. The van der Waals surface area contributed by atoms with Gasteiger partial charge in [0, 0.05) is 6.04 Å². The van der Waals surface area contributed by atoms with Crippen LogP contribution in [0.4, 0.5) is 5.13 Å². The first-order valence-electron chi connectivity index (χ1n) is 5.74. The summed E-state index contributed by atoms with van der Waals surface area (Å²) in [6.45, 7) is 1.73. The number of hydrogen-bond donors (Lipinski definition) is 3. The minimum atomic E-state index is -0.787. The zero-order valence-electron chi connectivity index (χ0n) is 9.97. The molecule has 1 fully saturated rings. The van der Waals surface area contributed by atoms with Crippen molar-refractivity contribution in [2.75, 3.05) is 5.73 Å². The number of aromatic nitrogens is 1. The van der Waals surface area contributed by atoms with Crippen LogP contribution < -0.4 is 11.1 Å². The number of carboxylic acids is 1. The van der Waals surface area contributed by atoms with Crippen molar-refractivity contribution in [2.45, 2.75) is 32.2 Å². The summed E-state index contributed by atoms with van der Waals surface area (Å²) in [7, 11) is 0. The van der Waals surface area contributed by atoms with Crippen LogP contribution in [0.2, 0.25) is 0 Å². The Kier molecular flexibility index (Phi) is 3.51. The SMILES string of the molecule is Cc1nc(N)sc1C(=O)NC1CCC(C(=O)O)C1. The van der Waals surface area contributed by atoms with Gasteiger partial charge in [0.1, 0.15) is 4.88 Å². The molecule has 1 aliphatic carbocycles. The average molecular weight is 269 g/mol. The van der Waals surface area contributed by atoms with Crippen molar-refractivity contribution in [3.05, 3.63) is 10.6 Å². The largest absolute Gasteiger partial charge is 0.481 e. The molecule has 0 aliphatic heterocycles. The Morgan fingerprint density at radius 2 is 2.22 bits per heavy atom. The fraction of sp³-hybridized carbons (Fsp3) is 0.545. The van der Waals surface area contributed by atoms with Gasteiger partial charge in [-0.3, -0.25) is 9.59 Å². The van der Waals surface area contributed by atoms with E-state index in [1.807, 2.05) is 0 Å². The Hall–Kier alpha value is -1.63. The fourth-order valence-corrected chi connectivity index (χ4v) is 2.95. The second kappa shape index (κ2) is 4.93. The maximum atomic E-state index is 12.0. The van der Waals surface area contributed by atoms with Crippen molar-refractivity contribution in [1.29, 1.82) is 0 Å². The second-order valence-corrected chi connectivity index (χ2v) is 5.52. The molecule has 1 aromatic rings. The fourth-order valence-electron chi connectivity index (χ4n) is 2.22. The van der Waals surface area contributed by atoms with Gasteiger partial charge in [0.15, 0.2) is 5.13 Å². The zero-order valence-corrected chi connectivity index (χ0v) is 10.8. The third-order valence-corrected chi connectivity index (χ3v) is 4.12. The number of carbonyl (C=O) groups excluding carboxylic acids is 1. The number of hydrogen-bond acceptors (Lipinski definition) is 5. The molecule has 0 aromatic carbocycles. The number of aliphatic carboxylic acids is 1. The van der Waals surface area contributed by atoms with E-state index in [0.29, 0.717) is 35.0 Å². The van der Waals surface area contributed by atoms with Crippen LogP contribution in [0, 0.1) is 12.8 Å². The van der Waals surface area contributed by atoms with Crippen molar-refractivity contribution in [1.82, 2.24) is 10.3 Å². The Morgan fingerprint density at radius 1 is 1.50 bits per heavy atom. The zero-order chi connectivity index (χ0) is 13.3. The van der Waals surface area contributed by atoms with Crippen molar-refractivity contribution in [3.63, 3.8) is 0 Å². The van der Waals surface area contributed by atoms with Crippen molar-refractivity contribution < 1.29 is 14.7 Å². The lowest BCUT2D eigenvalue weighted by atomic mass is 10.1. The number of carbonyl (C=O) groups is 2. The van der Waals surface area contributed by atoms with Crippen LogP contribution in [-0.2, 0) is 4.79 Å². The van der Waals surface area contributed by atoms with E-state index in [4.69, 9.17) is 10.8 Å². The number of anilines is 1. The number of aryl methyl sites for hydroxylation is 1. The van der Waals surface area contributed by atoms with Crippen LogP contribution in [0.25, 0.3) is 0 Å². The summed E-state index contributed by atoms with van der Waals surface area (Å²) in [4.78, 5) is 27.3. The van der Waals surface area contributed by atoms with Crippen LogP contribution in [0.3, 0.4) is 0 Å². The third-order valence-electron chi connectivity index (χ3n) is 3.14. The minimum absolute atomic E-state index is 0.0682. The van der Waals surface area contributed by atoms with E-state index in [0.717, 1.165) is 11.3 Å². The molecule has 0 saturated heterocycles. The van der Waals surface area contributed by atoms with Gasteiger partial charge in [0.25, 0.3) is 5.91 Å². The van der Waals surface area contributed by atoms with E-state index in [2.05, 4.69) is 10.3 Å². The van der Waals surface area contributed by atoms with Crippen LogP contribution in [0.1, 0.15) is 34.6 Å². The first-order valence-corrected chi connectivity index (χ1v) is 6.55. The highest BCUT2D eigenvalue weighted by Crippen LogP contribution is 2.27. The van der Waals surface area contributed by atoms with Gasteiger partial charge >= 0.3 is 5.97 Å². The maximum Gasteiger partial charge on any atom is 0.306 e. The molecule has 0 bridgehead atoms. The molecule has 1 aliphatic rings. The first kappa shape index (κ1) is 12.8. The van der Waals surface area contributed by atoms with E-state index in [9.17, 15) is 9.59 Å².